The quantitative estimate of drug-likeness (QED) is 0.520. The lowest BCUT2D eigenvalue weighted by Gasteiger charge is -2.22. The van der Waals surface area contributed by atoms with Crippen molar-refractivity contribution in [3.63, 3.8) is 0 Å². The van der Waals surface area contributed by atoms with E-state index in [4.69, 9.17) is 4.42 Å². The van der Waals surface area contributed by atoms with Gasteiger partial charge in [-0.15, -0.1) is 0 Å². The van der Waals surface area contributed by atoms with Crippen LogP contribution in [-0.4, -0.2) is 30.5 Å². The van der Waals surface area contributed by atoms with Gasteiger partial charge in [-0.25, -0.2) is 0 Å². The molecule has 0 radical (unpaired) electrons. The molecule has 0 bridgehead atoms. The number of rotatable bonds is 6. The van der Waals surface area contributed by atoms with Crippen LogP contribution < -0.4 is 16.0 Å². The van der Waals surface area contributed by atoms with Crippen molar-refractivity contribution in [3.05, 3.63) is 58.5 Å². The molecule has 2 aromatic heterocycles. The number of carbonyl (C=O) groups is 1. The Labute approximate surface area is 179 Å². The minimum Gasteiger partial charge on any atom is -0.447 e. The van der Waals surface area contributed by atoms with Crippen LogP contribution in [0.1, 0.15) is 47.0 Å². The number of nitroso groups, excluding NO2 is 1. The first kappa shape index (κ1) is 19.7. The molecule has 8 nitrogen and oxygen atoms in total. The number of furan rings is 1. The number of nitrogens with zero attached hydrogens (tertiary/aromatic N) is 2. The predicted molar refractivity (Wildman–Crippen MR) is 119 cm³/mol. The van der Waals surface area contributed by atoms with Gasteiger partial charge in [0.1, 0.15) is 6.04 Å². The summed E-state index contributed by atoms with van der Waals surface area (Å²) in [6, 6.07) is 7.46. The normalized spacial score (nSPS) is 18.6. The maximum absolute atomic E-state index is 13.0. The monoisotopic (exact) mass is 419 g/mol. The Morgan fingerprint density at radius 1 is 1.23 bits per heavy atom. The Bertz CT molecular complexity index is 1120. The maximum atomic E-state index is 13.0. The molecule has 1 amide bonds. The van der Waals surface area contributed by atoms with Gasteiger partial charge in [-0.2, -0.15) is 4.91 Å². The Hall–Kier alpha value is -3.26. The third-order valence-electron chi connectivity index (χ3n) is 6.29. The molecule has 1 unspecified atom stereocenters. The average Bonchev–Trinajstić information content (AvgIpc) is 3.39. The van der Waals surface area contributed by atoms with Crippen molar-refractivity contribution in [3.8, 4) is 0 Å². The number of aryl methyl sites for hydroxylation is 1. The van der Waals surface area contributed by atoms with Crippen molar-refractivity contribution in [1.29, 1.82) is 0 Å². The van der Waals surface area contributed by atoms with Gasteiger partial charge >= 0.3 is 0 Å². The molecule has 2 aliphatic rings. The molecule has 8 heteroatoms. The molecule has 1 atom stereocenters. The van der Waals surface area contributed by atoms with Gasteiger partial charge in [-0.3, -0.25) is 9.78 Å². The second-order valence-corrected chi connectivity index (χ2v) is 8.28. The summed E-state index contributed by atoms with van der Waals surface area (Å²) in [6.45, 7) is 2.61. The smallest absolute Gasteiger partial charge is 0.289 e. The summed E-state index contributed by atoms with van der Waals surface area (Å²) in [5, 5.41) is 13.8. The fourth-order valence-corrected chi connectivity index (χ4v) is 4.56. The van der Waals surface area contributed by atoms with Gasteiger partial charge in [0, 0.05) is 23.8 Å². The summed E-state index contributed by atoms with van der Waals surface area (Å²) in [7, 11) is 0. The van der Waals surface area contributed by atoms with E-state index in [-0.39, 0.29) is 17.7 Å². The summed E-state index contributed by atoms with van der Waals surface area (Å²) in [6.07, 6.45) is 6.98. The number of pyridine rings is 1. The lowest BCUT2D eigenvalue weighted by atomic mass is 9.98. The van der Waals surface area contributed by atoms with Gasteiger partial charge < -0.3 is 20.4 Å². The van der Waals surface area contributed by atoms with Gasteiger partial charge in [0.25, 0.3) is 5.91 Å². The summed E-state index contributed by atoms with van der Waals surface area (Å²) < 4.78 is 5.89. The molecular formula is C23H25N5O3. The third-order valence-corrected chi connectivity index (χ3v) is 6.29. The second kappa shape index (κ2) is 8.47. The summed E-state index contributed by atoms with van der Waals surface area (Å²) in [4.78, 5) is 28.1. The largest absolute Gasteiger partial charge is 0.447 e. The van der Waals surface area contributed by atoms with Crippen LogP contribution in [0.25, 0.3) is 11.0 Å². The average molecular weight is 419 g/mol. The highest BCUT2D eigenvalue weighted by Crippen LogP contribution is 2.38. The van der Waals surface area contributed by atoms with Gasteiger partial charge in [0.2, 0.25) is 5.76 Å². The maximum Gasteiger partial charge on any atom is 0.289 e. The zero-order valence-electron chi connectivity index (χ0n) is 17.2. The fraction of sp³-hybridized carbons (Fsp3) is 0.391. The summed E-state index contributed by atoms with van der Waals surface area (Å²) in [5.74, 6) is 0.497. The van der Waals surface area contributed by atoms with E-state index in [9.17, 15) is 9.70 Å². The van der Waals surface area contributed by atoms with E-state index >= 15 is 0 Å². The number of aromatic nitrogens is 1. The van der Waals surface area contributed by atoms with Crippen LogP contribution in [0.3, 0.4) is 0 Å². The molecule has 3 heterocycles. The minimum absolute atomic E-state index is 0.233. The molecule has 1 aliphatic carbocycles. The van der Waals surface area contributed by atoms with Crippen molar-refractivity contribution < 1.29 is 9.21 Å². The van der Waals surface area contributed by atoms with E-state index in [0.29, 0.717) is 23.7 Å². The first-order valence-electron chi connectivity index (χ1n) is 10.8. The molecule has 0 spiro atoms. The number of nitrogens with one attached hydrogen (secondary N) is 3. The van der Waals surface area contributed by atoms with Gasteiger partial charge in [0.05, 0.1) is 11.9 Å². The van der Waals surface area contributed by atoms with Gasteiger partial charge in [-0.05, 0) is 74.0 Å². The highest BCUT2D eigenvalue weighted by atomic mass is 16.3. The predicted octanol–water partition coefficient (Wildman–Crippen LogP) is 4.05. The molecule has 1 aliphatic heterocycles. The lowest BCUT2D eigenvalue weighted by Crippen LogP contribution is -2.36. The van der Waals surface area contributed by atoms with E-state index in [1.807, 2.05) is 24.3 Å². The number of piperidine rings is 1. The van der Waals surface area contributed by atoms with Crippen LogP contribution in [0.15, 0.2) is 46.3 Å². The molecule has 1 aromatic carbocycles. The van der Waals surface area contributed by atoms with Crippen LogP contribution >= 0.6 is 0 Å². The van der Waals surface area contributed by atoms with E-state index < -0.39 is 0 Å². The highest BCUT2D eigenvalue weighted by molar-refractivity contribution is 6.07. The first-order chi connectivity index (χ1) is 15.2. The number of amides is 1. The fourth-order valence-electron chi connectivity index (χ4n) is 4.56. The molecule has 1 saturated heterocycles. The SMILES string of the molecule is O=NC1CCc2cc(Nc3c(C(=O)NCC4CCNCC4)oc4cnccc34)ccc21. The zero-order valence-corrected chi connectivity index (χ0v) is 17.2. The number of carbonyl (C=O) groups excluding carboxylic acids is 1. The van der Waals surface area contributed by atoms with Gasteiger partial charge in [0.15, 0.2) is 5.58 Å². The molecule has 3 aromatic rings. The van der Waals surface area contributed by atoms with Crippen LogP contribution in [-0.2, 0) is 6.42 Å². The third kappa shape index (κ3) is 3.90. The number of fused-ring (bicyclic) bond motifs is 2. The Morgan fingerprint density at radius 3 is 2.94 bits per heavy atom. The topological polar surface area (TPSA) is 109 Å². The van der Waals surface area contributed by atoms with E-state index in [1.54, 1.807) is 12.4 Å². The van der Waals surface area contributed by atoms with Crippen LogP contribution in [0.5, 0.6) is 0 Å². The van der Waals surface area contributed by atoms with Crippen molar-refractivity contribution in [1.82, 2.24) is 15.6 Å². The highest BCUT2D eigenvalue weighted by Gasteiger charge is 2.25. The standard InChI is InChI=1S/C23H25N5O3/c29-23(26-12-14-5-8-24-9-6-14)22-21(18-7-10-25-13-20(18)31-22)27-16-2-3-17-15(11-16)1-4-19(17)28-30/h2-3,7,10-11,13-14,19,24,27H,1,4-6,8-9,12H2,(H,26,29). The van der Waals surface area contributed by atoms with Gasteiger partial charge in [-0.1, -0.05) is 11.2 Å². The Balaban J connectivity index is 1.41. The zero-order chi connectivity index (χ0) is 21.2. The van der Waals surface area contributed by atoms with Crippen molar-refractivity contribution >= 4 is 28.3 Å². The van der Waals surface area contributed by atoms with Crippen molar-refractivity contribution in [2.45, 2.75) is 31.7 Å². The molecular weight excluding hydrogens is 394 g/mol. The van der Waals surface area contributed by atoms with E-state index in [0.717, 1.165) is 61.0 Å². The summed E-state index contributed by atoms with van der Waals surface area (Å²) >= 11 is 0. The molecule has 1 fully saturated rings. The van der Waals surface area contributed by atoms with Crippen molar-refractivity contribution in [2.24, 2.45) is 11.1 Å². The molecule has 160 valence electrons. The second-order valence-electron chi connectivity index (χ2n) is 8.28. The van der Waals surface area contributed by atoms with Crippen molar-refractivity contribution in [2.75, 3.05) is 25.0 Å². The number of anilines is 2. The number of hydrogen-bond donors (Lipinski definition) is 3. The van der Waals surface area contributed by atoms with Crippen LogP contribution in [0.2, 0.25) is 0 Å². The number of benzene rings is 1. The molecule has 0 saturated carbocycles. The Morgan fingerprint density at radius 2 is 2.10 bits per heavy atom. The molecule has 5 rings (SSSR count). The first-order valence-corrected chi connectivity index (χ1v) is 10.8. The minimum atomic E-state index is -0.263. The van der Waals surface area contributed by atoms with E-state index in [1.165, 1.54) is 0 Å². The van der Waals surface area contributed by atoms with E-state index in [2.05, 4.69) is 26.1 Å². The number of hydrogen-bond acceptors (Lipinski definition) is 7. The van der Waals surface area contributed by atoms with Crippen LogP contribution in [0, 0.1) is 10.8 Å². The lowest BCUT2D eigenvalue weighted by molar-refractivity contribution is 0.0919. The molecule has 31 heavy (non-hydrogen) atoms. The summed E-state index contributed by atoms with van der Waals surface area (Å²) in [5.41, 5.74) is 4.13. The molecule has 3 N–H and O–H groups in total. The van der Waals surface area contributed by atoms with Crippen LogP contribution in [0.4, 0.5) is 11.4 Å². The Kier molecular flexibility index (Phi) is 5.38.